The first-order valence-corrected chi connectivity index (χ1v) is 5.96. The number of carboxylic acids is 1. The lowest BCUT2D eigenvalue weighted by molar-refractivity contribution is -0.138. The first-order valence-electron chi connectivity index (χ1n) is 5.96. The summed E-state index contributed by atoms with van der Waals surface area (Å²) in [5.41, 5.74) is 0.625. The summed E-state index contributed by atoms with van der Waals surface area (Å²) in [7, 11) is 0. The monoisotopic (exact) mass is 263 g/mol. The lowest BCUT2D eigenvalue weighted by Gasteiger charge is -2.35. The van der Waals surface area contributed by atoms with E-state index >= 15 is 0 Å². The van der Waals surface area contributed by atoms with Gasteiger partial charge in [0.15, 0.2) is 5.82 Å². The van der Waals surface area contributed by atoms with Crippen LogP contribution in [0, 0.1) is 0 Å². The molecule has 2 aromatic rings. The summed E-state index contributed by atoms with van der Waals surface area (Å²) in [6, 6.07) is -0.235. The normalized spacial score (nSPS) is 19.8. The lowest BCUT2D eigenvalue weighted by atomic mass is 10.1. The van der Waals surface area contributed by atoms with Crippen LogP contribution in [0.5, 0.6) is 0 Å². The van der Waals surface area contributed by atoms with Crippen LogP contribution in [0.3, 0.4) is 0 Å². The van der Waals surface area contributed by atoms with Crippen molar-refractivity contribution < 1.29 is 14.6 Å². The molecule has 1 saturated heterocycles. The SMILES string of the molecule is O=C(O)CC1COCCN1c1nccn2cnnc12. The molecule has 0 spiro atoms. The van der Waals surface area contributed by atoms with Crippen molar-refractivity contribution in [3.63, 3.8) is 0 Å². The third kappa shape index (κ3) is 2.22. The van der Waals surface area contributed by atoms with Crippen LogP contribution in [0.4, 0.5) is 5.82 Å². The van der Waals surface area contributed by atoms with Crippen molar-refractivity contribution in [2.75, 3.05) is 24.7 Å². The summed E-state index contributed by atoms with van der Waals surface area (Å²) in [5, 5.41) is 16.8. The van der Waals surface area contributed by atoms with Gasteiger partial charge >= 0.3 is 5.97 Å². The quantitative estimate of drug-likeness (QED) is 0.819. The number of nitrogens with zero attached hydrogens (tertiary/aromatic N) is 5. The van der Waals surface area contributed by atoms with Gasteiger partial charge in [-0.1, -0.05) is 0 Å². The van der Waals surface area contributed by atoms with Crippen LogP contribution in [-0.4, -0.2) is 56.5 Å². The van der Waals surface area contributed by atoms with Gasteiger partial charge in [-0.05, 0) is 0 Å². The third-order valence-corrected chi connectivity index (χ3v) is 3.11. The van der Waals surface area contributed by atoms with Crippen molar-refractivity contribution in [2.24, 2.45) is 0 Å². The molecule has 1 atom stereocenters. The fourth-order valence-corrected chi connectivity index (χ4v) is 2.25. The van der Waals surface area contributed by atoms with Crippen molar-refractivity contribution in [1.29, 1.82) is 0 Å². The highest BCUT2D eigenvalue weighted by Crippen LogP contribution is 2.22. The fraction of sp³-hybridized carbons (Fsp3) is 0.455. The molecule has 1 aliphatic heterocycles. The minimum Gasteiger partial charge on any atom is -0.481 e. The predicted octanol–water partition coefficient (Wildman–Crippen LogP) is -0.196. The fourth-order valence-electron chi connectivity index (χ4n) is 2.25. The smallest absolute Gasteiger partial charge is 0.305 e. The maximum Gasteiger partial charge on any atom is 0.305 e. The largest absolute Gasteiger partial charge is 0.481 e. The van der Waals surface area contributed by atoms with Crippen LogP contribution in [0.25, 0.3) is 5.65 Å². The molecule has 3 rings (SSSR count). The highest BCUT2D eigenvalue weighted by Gasteiger charge is 2.28. The Morgan fingerprint density at radius 3 is 3.32 bits per heavy atom. The first-order chi connectivity index (χ1) is 9.25. The Balaban J connectivity index is 1.97. The summed E-state index contributed by atoms with van der Waals surface area (Å²) < 4.78 is 7.11. The minimum atomic E-state index is -0.853. The molecule has 1 aliphatic rings. The van der Waals surface area contributed by atoms with E-state index < -0.39 is 5.97 Å². The van der Waals surface area contributed by atoms with E-state index in [1.807, 2.05) is 4.90 Å². The van der Waals surface area contributed by atoms with Crippen molar-refractivity contribution in [1.82, 2.24) is 19.6 Å². The van der Waals surface area contributed by atoms with Gasteiger partial charge in [0.25, 0.3) is 0 Å². The van der Waals surface area contributed by atoms with E-state index in [0.29, 0.717) is 31.2 Å². The number of rotatable bonds is 3. The zero-order chi connectivity index (χ0) is 13.2. The Hall–Kier alpha value is -2.22. The summed E-state index contributed by atoms with van der Waals surface area (Å²) in [5.74, 6) is -0.205. The minimum absolute atomic E-state index is 0.0108. The standard InChI is InChI=1S/C11H13N5O3/c17-9(18)5-8-6-19-4-3-16(8)10-11-14-13-7-15(11)2-1-12-10/h1-2,7-8H,3-6H2,(H,17,18). The maximum absolute atomic E-state index is 10.9. The van der Waals surface area contributed by atoms with E-state index in [0.717, 1.165) is 0 Å². The number of morpholine rings is 1. The molecule has 3 heterocycles. The number of aliphatic carboxylic acids is 1. The van der Waals surface area contributed by atoms with Crippen LogP contribution in [-0.2, 0) is 9.53 Å². The van der Waals surface area contributed by atoms with Crippen molar-refractivity contribution in [3.05, 3.63) is 18.7 Å². The molecule has 1 unspecified atom stereocenters. The Bertz CT molecular complexity index is 599. The second-order valence-electron chi connectivity index (χ2n) is 4.33. The first kappa shape index (κ1) is 11.8. The van der Waals surface area contributed by atoms with Gasteiger partial charge < -0.3 is 14.7 Å². The highest BCUT2D eigenvalue weighted by atomic mass is 16.5. The van der Waals surface area contributed by atoms with Gasteiger partial charge in [-0.2, -0.15) is 0 Å². The van der Waals surface area contributed by atoms with E-state index in [4.69, 9.17) is 9.84 Å². The Morgan fingerprint density at radius 1 is 1.58 bits per heavy atom. The number of aromatic nitrogens is 4. The lowest BCUT2D eigenvalue weighted by Crippen LogP contribution is -2.47. The molecule has 0 amide bonds. The molecule has 19 heavy (non-hydrogen) atoms. The number of ether oxygens (including phenoxy) is 1. The molecule has 8 heteroatoms. The van der Waals surface area contributed by atoms with Gasteiger partial charge in [0.1, 0.15) is 6.33 Å². The van der Waals surface area contributed by atoms with Crippen LogP contribution in [0.1, 0.15) is 6.42 Å². The van der Waals surface area contributed by atoms with Gasteiger partial charge in [0, 0.05) is 18.9 Å². The number of hydrogen-bond acceptors (Lipinski definition) is 6. The highest BCUT2D eigenvalue weighted by molar-refractivity contribution is 5.70. The average Bonchev–Trinajstić information content (AvgIpc) is 2.87. The number of carboxylic acid groups (broad SMARTS) is 1. The third-order valence-electron chi connectivity index (χ3n) is 3.11. The van der Waals surface area contributed by atoms with Crippen LogP contribution in [0.2, 0.25) is 0 Å². The summed E-state index contributed by atoms with van der Waals surface area (Å²) in [4.78, 5) is 17.2. The zero-order valence-electron chi connectivity index (χ0n) is 10.1. The Kier molecular flexibility index (Phi) is 3.00. The summed E-state index contributed by atoms with van der Waals surface area (Å²) in [6.45, 7) is 1.52. The second-order valence-corrected chi connectivity index (χ2v) is 4.33. The molecule has 0 radical (unpaired) electrons. The van der Waals surface area contributed by atoms with E-state index in [-0.39, 0.29) is 12.5 Å². The van der Waals surface area contributed by atoms with Gasteiger partial charge in [0.05, 0.1) is 25.7 Å². The van der Waals surface area contributed by atoms with E-state index in [9.17, 15) is 4.79 Å². The molecule has 1 N–H and O–H groups in total. The molecule has 2 aromatic heterocycles. The molecule has 0 bridgehead atoms. The maximum atomic E-state index is 10.9. The van der Waals surface area contributed by atoms with Crippen molar-refractivity contribution >= 4 is 17.4 Å². The summed E-state index contributed by atoms with van der Waals surface area (Å²) in [6.07, 6.45) is 5.01. The topological polar surface area (TPSA) is 92.9 Å². The molecule has 0 aliphatic carbocycles. The average molecular weight is 263 g/mol. The van der Waals surface area contributed by atoms with Crippen LogP contribution >= 0.6 is 0 Å². The zero-order valence-corrected chi connectivity index (χ0v) is 10.1. The number of carbonyl (C=O) groups is 1. The van der Waals surface area contributed by atoms with Gasteiger partial charge in [0.2, 0.25) is 5.65 Å². The van der Waals surface area contributed by atoms with Crippen LogP contribution in [0.15, 0.2) is 18.7 Å². The van der Waals surface area contributed by atoms with Crippen molar-refractivity contribution in [2.45, 2.75) is 12.5 Å². The number of anilines is 1. The number of hydrogen-bond donors (Lipinski definition) is 1. The van der Waals surface area contributed by atoms with Gasteiger partial charge in [-0.3, -0.25) is 9.20 Å². The van der Waals surface area contributed by atoms with Gasteiger partial charge in [-0.15, -0.1) is 10.2 Å². The Labute approximate surface area is 108 Å². The second kappa shape index (κ2) is 4.81. The molecular formula is C11H13N5O3. The number of fused-ring (bicyclic) bond motifs is 1. The van der Waals surface area contributed by atoms with Crippen molar-refractivity contribution in [3.8, 4) is 0 Å². The molecule has 100 valence electrons. The Morgan fingerprint density at radius 2 is 2.47 bits per heavy atom. The van der Waals surface area contributed by atoms with E-state index in [2.05, 4.69) is 15.2 Å². The molecular weight excluding hydrogens is 250 g/mol. The molecule has 0 saturated carbocycles. The van der Waals surface area contributed by atoms with E-state index in [1.165, 1.54) is 0 Å². The van der Waals surface area contributed by atoms with Gasteiger partial charge in [-0.25, -0.2) is 4.98 Å². The summed E-state index contributed by atoms with van der Waals surface area (Å²) >= 11 is 0. The molecule has 1 fully saturated rings. The van der Waals surface area contributed by atoms with E-state index in [1.54, 1.807) is 23.1 Å². The predicted molar refractivity (Wildman–Crippen MR) is 65.0 cm³/mol. The molecule has 0 aromatic carbocycles. The van der Waals surface area contributed by atoms with Crippen LogP contribution < -0.4 is 4.90 Å². The molecule has 8 nitrogen and oxygen atoms in total.